The second-order valence-electron chi connectivity index (χ2n) is 4.67. The first kappa shape index (κ1) is 11.8. The molecule has 0 bridgehead atoms. The molecule has 4 nitrogen and oxygen atoms in total. The van der Waals surface area contributed by atoms with Gasteiger partial charge >= 0.3 is 0 Å². The number of carbonyl (C=O) groups excluding carboxylic acids is 2. The SMILES string of the molecule is CC(C)c1ccc(C2CCC(=O)NC2=O)cn1. The van der Waals surface area contributed by atoms with Gasteiger partial charge in [0.15, 0.2) is 0 Å². The summed E-state index contributed by atoms with van der Waals surface area (Å²) in [6.07, 6.45) is 2.73. The summed E-state index contributed by atoms with van der Waals surface area (Å²) in [6, 6.07) is 3.88. The Balaban J connectivity index is 2.17. The summed E-state index contributed by atoms with van der Waals surface area (Å²) in [7, 11) is 0. The van der Waals surface area contributed by atoms with Crippen molar-refractivity contribution in [3.8, 4) is 0 Å². The second kappa shape index (κ2) is 4.65. The highest BCUT2D eigenvalue weighted by Gasteiger charge is 2.27. The van der Waals surface area contributed by atoms with Gasteiger partial charge in [0.25, 0.3) is 0 Å². The van der Waals surface area contributed by atoms with Crippen molar-refractivity contribution in [1.29, 1.82) is 0 Å². The Morgan fingerprint density at radius 2 is 2.12 bits per heavy atom. The van der Waals surface area contributed by atoms with Crippen LogP contribution in [0.25, 0.3) is 0 Å². The molecule has 2 rings (SSSR count). The molecule has 1 N–H and O–H groups in total. The Morgan fingerprint density at radius 3 is 2.65 bits per heavy atom. The molecule has 1 unspecified atom stereocenters. The summed E-state index contributed by atoms with van der Waals surface area (Å²) < 4.78 is 0. The first-order valence-corrected chi connectivity index (χ1v) is 5.87. The molecule has 1 aromatic rings. The van der Waals surface area contributed by atoms with E-state index in [1.54, 1.807) is 6.20 Å². The molecule has 1 saturated heterocycles. The van der Waals surface area contributed by atoms with Crippen molar-refractivity contribution in [2.45, 2.75) is 38.5 Å². The molecule has 2 amide bonds. The lowest BCUT2D eigenvalue weighted by molar-refractivity contribution is -0.134. The molecule has 1 fully saturated rings. The summed E-state index contributed by atoms with van der Waals surface area (Å²) in [5.74, 6) is -0.245. The molecule has 4 heteroatoms. The standard InChI is InChI=1S/C13H16N2O2/c1-8(2)11-5-3-9(7-14-11)10-4-6-12(16)15-13(10)17/h3,5,7-8,10H,4,6H2,1-2H3,(H,15,16,17). The van der Waals surface area contributed by atoms with Crippen molar-refractivity contribution < 1.29 is 9.59 Å². The van der Waals surface area contributed by atoms with E-state index in [1.807, 2.05) is 12.1 Å². The second-order valence-corrected chi connectivity index (χ2v) is 4.67. The number of nitrogens with zero attached hydrogens (tertiary/aromatic N) is 1. The van der Waals surface area contributed by atoms with Gasteiger partial charge in [0.1, 0.15) is 0 Å². The molecule has 0 aromatic carbocycles. The van der Waals surface area contributed by atoms with Gasteiger partial charge in [-0.3, -0.25) is 19.9 Å². The third-order valence-electron chi connectivity index (χ3n) is 3.04. The van der Waals surface area contributed by atoms with Crippen LogP contribution in [0.1, 0.15) is 49.8 Å². The van der Waals surface area contributed by atoms with Gasteiger partial charge in [0.2, 0.25) is 11.8 Å². The number of imide groups is 1. The molecule has 0 aliphatic carbocycles. The quantitative estimate of drug-likeness (QED) is 0.790. The summed E-state index contributed by atoms with van der Waals surface area (Å²) >= 11 is 0. The van der Waals surface area contributed by atoms with Gasteiger partial charge in [-0.2, -0.15) is 0 Å². The summed E-state index contributed by atoms with van der Waals surface area (Å²) in [4.78, 5) is 27.1. The summed E-state index contributed by atoms with van der Waals surface area (Å²) in [6.45, 7) is 4.15. The number of rotatable bonds is 2. The van der Waals surface area contributed by atoms with E-state index in [-0.39, 0.29) is 17.7 Å². The van der Waals surface area contributed by atoms with Gasteiger partial charge in [-0.1, -0.05) is 19.9 Å². The first-order chi connectivity index (χ1) is 8.08. The third kappa shape index (κ3) is 2.52. The Labute approximate surface area is 100 Å². The van der Waals surface area contributed by atoms with Crippen LogP contribution in [-0.4, -0.2) is 16.8 Å². The van der Waals surface area contributed by atoms with Gasteiger partial charge in [0.05, 0.1) is 5.92 Å². The van der Waals surface area contributed by atoms with E-state index < -0.39 is 0 Å². The fourth-order valence-electron chi connectivity index (χ4n) is 1.98. The Hall–Kier alpha value is -1.71. The maximum atomic E-state index is 11.7. The van der Waals surface area contributed by atoms with Crippen molar-refractivity contribution in [3.05, 3.63) is 29.6 Å². The number of pyridine rings is 1. The minimum Gasteiger partial charge on any atom is -0.296 e. The average molecular weight is 232 g/mol. The van der Waals surface area contributed by atoms with Crippen LogP contribution in [0.2, 0.25) is 0 Å². The fraction of sp³-hybridized carbons (Fsp3) is 0.462. The highest BCUT2D eigenvalue weighted by molar-refractivity contribution is 6.00. The molecule has 1 aliphatic heterocycles. The first-order valence-electron chi connectivity index (χ1n) is 5.87. The van der Waals surface area contributed by atoms with Gasteiger partial charge in [-0.05, 0) is 24.0 Å². The van der Waals surface area contributed by atoms with Crippen molar-refractivity contribution in [1.82, 2.24) is 10.3 Å². The highest BCUT2D eigenvalue weighted by atomic mass is 16.2. The zero-order valence-corrected chi connectivity index (χ0v) is 10.1. The average Bonchev–Trinajstić information content (AvgIpc) is 2.29. The molecule has 90 valence electrons. The third-order valence-corrected chi connectivity index (χ3v) is 3.04. The number of carbonyl (C=O) groups is 2. The van der Waals surface area contributed by atoms with Crippen LogP contribution in [0.5, 0.6) is 0 Å². The van der Waals surface area contributed by atoms with Crippen molar-refractivity contribution in [3.63, 3.8) is 0 Å². The molecule has 1 atom stereocenters. The predicted octanol–water partition coefficient (Wildman–Crippen LogP) is 1.73. The molecule has 17 heavy (non-hydrogen) atoms. The van der Waals surface area contributed by atoms with Gasteiger partial charge in [0, 0.05) is 18.3 Å². The maximum Gasteiger partial charge on any atom is 0.234 e. The van der Waals surface area contributed by atoms with Crippen LogP contribution in [0.15, 0.2) is 18.3 Å². The molecule has 1 aliphatic rings. The minimum atomic E-state index is -0.235. The van der Waals surface area contributed by atoms with Crippen LogP contribution >= 0.6 is 0 Å². The molecular weight excluding hydrogens is 216 g/mol. The van der Waals surface area contributed by atoms with Crippen molar-refractivity contribution >= 4 is 11.8 Å². The Bertz CT molecular complexity index is 437. The largest absolute Gasteiger partial charge is 0.296 e. The zero-order chi connectivity index (χ0) is 12.4. The smallest absolute Gasteiger partial charge is 0.234 e. The number of piperidine rings is 1. The molecule has 2 heterocycles. The van der Waals surface area contributed by atoms with Gasteiger partial charge < -0.3 is 0 Å². The van der Waals surface area contributed by atoms with E-state index >= 15 is 0 Å². The van der Waals surface area contributed by atoms with Crippen molar-refractivity contribution in [2.75, 3.05) is 0 Å². The van der Waals surface area contributed by atoms with E-state index in [2.05, 4.69) is 24.1 Å². The van der Waals surface area contributed by atoms with Crippen LogP contribution in [0, 0.1) is 0 Å². The summed E-state index contributed by atoms with van der Waals surface area (Å²) in [5.41, 5.74) is 1.90. The lowest BCUT2D eigenvalue weighted by Crippen LogP contribution is -2.39. The van der Waals surface area contributed by atoms with E-state index in [0.29, 0.717) is 18.8 Å². The lowest BCUT2D eigenvalue weighted by atomic mass is 9.91. The van der Waals surface area contributed by atoms with Gasteiger partial charge in [-0.15, -0.1) is 0 Å². The number of amides is 2. The van der Waals surface area contributed by atoms with E-state index in [0.717, 1.165) is 11.3 Å². The number of hydrogen-bond donors (Lipinski definition) is 1. The summed E-state index contributed by atoms with van der Waals surface area (Å²) in [5, 5.41) is 2.36. The molecular formula is C13H16N2O2. The fourth-order valence-corrected chi connectivity index (χ4v) is 1.98. The topological polar surface area (TPSA) is 59.1 Å². The number of aromatic nitrogens is 1. The Morgan fingerprint density at radius 1 is 1.35 bits per heavy atom. The zero-order valence-electron chi connectivity index (χ0n) is 10.1. The highest BCUT2D eigenvalue weighted by Crippen LogP contribution is 2.24. The molecule has 1 aromatic heterocycles. The van der Waals surface area contributed by atoms with E-state index in [4.69, 9.17) is 0 Å². The predicted molar refractivity (Wildman–Crippen MR) is 63.5 cm³/mol. The van der Waals surface area contributed by atoms with Crippen molar-refractivity contribution in [2.24, 2.45) is 0 Å². The van der Waals surface area contributed by atoms with Gasteiger partial charge in [-0.25, -0.2) is 0 Å². The van der Waals surface area contributed by atoms with Crippen LogP contribution in [0.3, 0.4) is 0 Å². The van der Waals surface area contributed by atoms with Crippen LogP contribution in [-0.2, 0) is 9.59 Å². The normalized spacial score (nSPS) is 20.5. The minimum absolute atomic E-state index is 0.182. The monoisotopic (exact) mass is 232 g/mol. The molecule has 0 spiro atoms. The number of nitrogens with one attached hydrogen (secondary N) is 1. The molecule has 0 saturated carbocycles. The maximum absolute atomic E-state index is 11.7. The van der Waals surface area contributed by atoms with E-state index in [1.165, 1.54) is 0 Å². The van der Waals surface area contributed by atoms with E-state index in [9.17, 15) is 9.59 Å². The lowest BCUT2D eigenvalue weighted by Gasteiger charge is -2.21. The number of hydrogen-bond acceptors (Lipinski definition) is 3. The van der Waals surface area contributed by atoms with Crippen LogP contribution in [0.4, 0.5) is 0 Å². The molecule has 0 radical (unpaired) electrons. The van der Waals surface area contributed by atoms with Crippen LogP contribution < -0.4 is 5.32 Å². The Kier molecular flexibility index (Phi) is 3.22.